The van der Waals surface area contributed by atoms with Gasteiger partial charge in [0.2, 0.25) is 0 Å². The fourth-order valence-corrected chi connectivity index (χ4v) is 4.14. The molecule has 0 radical (unpaired) electrons. The Kier molecular flexibility index (Phi) is 5.43. The van der Waals surface area contributed by atoms with Crippen LogP contribution in [0.3, 0.4) is 0 Å². The molecule has 6 nitrogen and oxygen atoms in total. The van der Waals surface area contributed by atoms with Gasteiger partial charge in [0, 0.05) is 51.6 Å². The number of nitrogens with zero attached hydrogens (tertiary/aromatic N) is 3. The molecule has 1 atom stereocenters. The minimum atomic E-state index is 0.349. The molecule has 2 aromatic rings. The first-order chi connectivity index (χ1) is 12.7. The third-order valence-electron chi connectivity index (χ3n) is 5.49. The van der Waals surface area contributed by atoms with Crippen molar-refractivity contribution in [3.8, 4) is 0 Å². The van der Waals surface area contributed by atoms with Gasteiger partial charge < -0.3 is 18.5 Å². The van der Waals surface area contributed by atoms with Gasteiger partial charge in [0.25, 0.3) is 0 Å². The average Bonchev–Trinajstić information content (AvgIpc) is 3.22. The molecule has 0 aromatic carbocycles. The Balaban J connectivity index is 1.39. The zero-order valence-corrected chi connectivity index (χ0v) is 15.8. The maximum absolute atomic E-state index is 6.15. The van der Waals surface area contributed by atoms with Crippen molar-refractivity contribution >= 4 is 0 Å². The van der Waals surface area contributed by atoms with Crippen molar-refractivity contribution < 1.29 is 13.9 Å². The summed E-state index contributed by atoms with van der Waals surface area (Å²) in [6.45, 7) is 7.98. The van der Waals surface area contributed by atoms with Crippen molar-refractivity contribution in [2.45, 2.75) is 38.8 Å². The number of aryl methyl sites for hydroxylation is 2. The van der Waals surface area contributed by atoms with E-state index in [4.69, 9.17) is 13.9 Å². The molecule has 2 aromatic heterocycles. The Hall–Kier alpha value is -1.63. The molecule has 1 saturated heterocycles. The van der Waals surface area contributed by atoms with E-state index >= 15 is 0 Å². The van der Waals surface area contributed by atoms with Gasteiger partial charge in [0.1, 0.15) is 11.5 Å². The lowest BCUT2D eigenvalue weighted by Gasteiger charge is -2.32. The van der Waals surface area contributed by atoms with Gasteiger partial charge in [-0.15, -0.1) is 0 Å². The van der Waals surface area contributed by atoms with Crippen molar-refractivity contribution in [3.05, 3.63) is 41.4 Å². The summed E-state index contributed by atoms with van der Waals surface area (Å²) in [5.74, 6) is 2.97. The van der Waals surface area contributed by atoms with Gasteiger partial charge in [-0.05, 0) is 37.8 Å². The summed E-state index contributed by atoms with van der Waals surface area (Å²) in [6, 6.07) is 4.10. The van der Waals surface area contributed by atoms with Gasteiger partial charge in [-0.1, -0.05) is 0 Å². The number of hydrogen-bond acceptors (Lipinski definition) is 5. The molecule has 2 aliphatic heterocycles. The molecule has 4 rings (SSSR count). The van der Waals surface area contributed by atoms with Gasteiger partial charge >= 0.3 is 0 Å². The van der Waals surface area contributed by atoms with Gasteiger partial charge in [-0.25, -0.2) is 4.98 Å². The Morgan fingerprint density at radius 3 is 2.85 bits per heavy atom. The fraction of sp³-hybridized carbons (Fsp3) is 0.650. The van der Waals surface area contributed by atoms with Crippen LogP contribution in [-0.4, -0.2) is 47.4 Å². The second kappa shape index (κ2) is 7.94. The summed E-state index contributed by atoms with van der Waals surface area (Å²) < 4.78 is 19.5. The van der Waals surface area contributed by atoms with Crippen LogP contribution >= 0.6 is 0 Å². The quantitative estimate of drug-likeness (QED) is 0.794. The molecule has 0 unspecified atom stereocenters. The second-order valence-electron chi connectivity index (χ2n) is 7.66. The van der Waals surface area contributed by atoms with E-state index in [1.54, 1.807) is 0 Å². The van der Waals surface area contributed by atoms with Crippen molar-refractivity contribution in [2.24, 2.45) is 13.0 Å². The number of aromatic nitrogens is 2. The van der Waals surface area contributed by atoms with Crippen LogP contribution in [0.1, 0.15) is 41.7 Å². The molecule has 0 N–H and O–H groups in total. The lowest BCUT2D eigenvalue weighted by Crippen LogP contribution is -2.36. The molecule has 1 fully saturated rings. The van der Waals surface area contributed by atoms with E-state index < -0.39 is 0 Å². The molecule has 0 bridgehead atoms. The van der Waals surface area contributed by atoms with Crippen LogP contribution in [0.5, 0.6) is 0 Å². The first-order valence-electron chi connectivity index (χ1n) is 9.62. The molecule has 142 valence electrons. The Bertz CT molecular complexity index is 718. The third-order valence-corrected chi connectivity index (χ3v) is 5.49. The highest BCUT2D eigenvalue weighted by Gasteiger charge is 2.30. The lowest BCUT2D eigenvalue weighted by atomic mass is 9.98. The van der Waals surface area contributed by atoms with E-state index in [0.717, 1.165) is 70.4 Å². The van der Waals surface area contributed by atoms with Gasteiger partial charge in [-0.2, -0.15) is 0 Å². The predicted molar refractivity (Wildman–Crippen MR) is 97.9 cm³/mol. The maximum Gasteiger partial charge on any atom is 0.118 e. The SMILES string of the molecule is Cc1ccc(CN2Cc3ncn(C)c3[C@H](COCC3CCOCC3)C2)o1. The van der Waals surface area contributed by atoms with Crippen molar-refractivity contribution in [2.75, 3.05) is 33.0 Å². The van der Waals surface area contributed by atoms with E-state index in [9.17, 15) is 0 Å². The standard InChI is InChI=1S/C20H29N3O3/c1-15-3-4-18(26-15)10-23-9-17(20-19(11-23)21-14-22(20)2)13-25-12-16-5-7-24-8-6-16/h3-4,14,16-17H,5-13H2,1-2H3/t17-/m0/s1. The highest BCUT2D eigenvalue weighted by atomic mass is 16.5. The highest BCUT2D eigenvalue weighted by molar-refractivity contribution is 5.22. The number of imidazole rings is 1. The maximum atomic E-state index is 6.15. The van der Waals surface area contributed by atoms with Gasteiger partial charge in [-0.3, -0.25) is 4.90 Å². The molecule has 0 saturated carbocycles. The molecule has 6 heteroatoms. The Morgan fingerprint density at radius 2 is 2.08 bits per heavy atom. The van der Waals surface area contributed by atoms with E-state index in [2.05, 4.69) is 27.6 Å². The predicted octanol–water partition coefficient (Wildman–Crippen LogP) is 2.86. The van der Waals surface area contributed by atoms with Gasteiger partial charge in [0.05, 0.1) is 25.2 Å². The van der Waals surface area contributed by atoms with Crippen LogP contribution in [0.25, 0.3) is 0 Å². The zero-order valence-electron chi connectivity index (χ0n) is 15.8. The van der Waals surface area contributed by atoms with Crippen molar-refractivity contribution in [3.63, 3.8) is 0 Å². The van der Waals surface area contributed by atoms with Crippen LogP contribution in [0.15, 0.2) is 22.9 Å². The molecule has 26 heavy (non-hydrogen) atoms. The average molecular weight is 359 g/mol. The minimum Gasteiger partial charge on any atom is -0.465 e. The largest absolute Gasteiger partial charge is 0.465 e. The Labute approximate surface area is 155 Å². The smallest absolute Gasteiger partial charge is 0.118 e. The first kappa shape index (κ1) is 17.8. The van der Waals surface area contributed by atoms with E-state index in [1.165, 1.54) is 11.4 Å². The third kappa shape index (κ3) is 4.03. The van der Waals surface area contributed by atoms with E-state index in [1.807, 2.05) is 19.3 Å². The molecule has 2 aliphatic rings. The van der Waals surface area contributed by atoms with Crippen LogP contribution < -0.4 is 0 Å². The van der Waals surface area contributed by atoms with E-state index in [-0.39, 0.29) is 0 Å². The normalized spacial score (nSPS) is 21.8. The molecule has 0 aliphatic carbocycles. The monoisotopic (exact) mass is 359 g/mol. The fourth-order valence-electron chi connectivity index (χ4n) is 4.14. The van der Waals surface area contributed by atoms with Crippen molar-refractivity contribution in [1.29, 1.82) is 0 Å². The summed E-state index contributed by atoms with van der Waals surface area (Å²) in [6.07, 6.45) is 4.16. The number of rotatable bonds is 6. The van der Waals surface area contributed by atoms with Crippen LogP contribution in [0.4, 0.5) is 0 Å². The van der Waals surface area contributed by atoms with Crippen molar-refractivity contribution in [1.82, 2.24) is 14.5 Å². The highest BCUT2D eigenvalue weighted by Crippen LogP contribution is 2.29. The topological polar surface area (TPSA) is 52.7 Å². The van der Waals surface area contributed by atoms with E-state index in [0.29, 0.717) is 11.8 Å². The van der Waals surface area contributed by atoms with Crippen LogP contribution in [0.2, 0.25) is 0 Å². The van der Waals surface area contributed by atoms with Gasteiger partial charge in [0.15, 0.2) is 0 Å². The Morgan fingerprint density at radius 1 is 1.23 bits per heavy atom. The second-order valence-corrected chi connectivity index (χ2v) is 7.66. The van der Waals surface area contributed by atoms with Crippen LogP contribution in [-0.2, 0) is 29.6 Å². The lowest BCUT2D eigenvalue weighted by molar-refractivity contribution is 0.0125. The zero-order chi connectivity index (χ0) is 17.9. The summed E-state index contributed by atoms with van der Waals surface area (Å²) in [5.41, 5.74) is 2.49. The molecular weight excluding hydrogens is 330 g/mol. The molecule has 4 heterocycles. The molecular formula is C20H29N3O3. The summed E-state index contributed by atoms with van der Waals surface area (Å²) >= 11 is 0. The minimum absolute atomic E-state index is 0.349. The van der Waals surface area contributed by atoms with Crippen LogP contribution in [0, 0.1) is 12.8 Å². The molecule has 0 amide bonds. The summed E-state index contributed by atoms with van der Waals surface area (Å²) in [5, 5.41) is 0. The first-order valence-corrected chi connectivity index (χ1v) is 9.62. The number of fused-ring (bicyclic) bond motifs is 1. The number of ether oxygens (including phenoxy) is 2. The number of furan rings is 1. The molecule has 0 spiro atoms. The summed E-state index contributed by atoms with van der Waals surface area (Å²) in [4.78, 5) is 7.03. The number of hydrogen-bond donors (Lipinski definition) is 0. The summed E-state index contributed by atoms with van der Waals surface area (Å²) in [7, 11) is 2.09.